The first-order chi connectivity index (χ1) is 12.5. The molecule has 0 aliphatic carbocycles. The lowest BCUT2D eigenvalue weighted by Gasteiger charge is -2.37. The van der Waals surface area contributed by atoms with E-state index in [4.69, 9.17) is 0 Å². The third-order valence-electron chi connectivity index (χ3n) is 4.76. The van der Waals surface area contributed by atoms with Crippen LogP contribution >= 0.6 is 0 Å². The lowest BCUT2D eigenvalue weighted by atomic mass is 10.0. The van der Waals surface area contributed by atoms with Gasteiger partial charge in [-0.05, 0) is 36.6 Å². The molecule has 2 aromatic rings. The Labute approximate surface area is 152 Å². The van der Waals surface area contributed by atoms with Crippen LogP contribution in [0, 0.1) is 18.6 Å². The molecule has 138 valence electrons. The molecule has 0 unspecified atom stereocenters. The first-order valence-electron chi connectivity index (χ1n) is 8.84. The highest BCUT2D eigenvalue weighted by atomic mass is 19.2. The van der Waals surface area contributed by atoms with Crippen LogP contribution in [0.2, 0.25) is 0 Å². The van der Waals surface area contributed by atoms with Crippen LogP contribution in [0.4, 0.5) is 25.0 Å². The molecule has 4 nitrogen and oxygen atoms in total. The van der Waals surface area contributed by atoms with E-state index in [1.54, 1.807) is 4.90 Å². The van der Waals surface area contributed by atoms with E-state index in [1.165, 1.54) is 22.9 Å². The normalized spacial score (nSPS) is 14.5. The number of nitrogens with zero attached hydrogens (tertiary/aromatic N) is 2. The molecule has 1 aliphatic heterocycles. The fourth-order valence-corrected chi connectivity index (χ4v) is 3.37. The predicted molar refractivity (Wildman–Crippen MR) is 99.7 cm³/mol. The number of para-hydroxylation sites is 1. The molecule has 0 bridgehead atoms. The Bertz CT molecular complexity index is 802. The molecule has 1 saturated heterocycles. The molecule has 0 atom stereocenters. The number of amides is 2. The number of anilines is 2. The van der Waals surface area contributed by atoms with Crippen molar-refractivity contribution in [2.75, 3.05) is 36.4 Å². The fraction of sp³-hybridized carbons (Fsp3) is 0.350. The van der Waals surface area contributed by atoms with Crippen molar-refractivity contribution in [2.45, 2.75) is 20.3 Å². The average Bonchev–Trinajstić information content (AvgIpc) is 2.64. The molecular formula is C20H23F2N3O. The van der Waals surface area contributed by atoms with Gasteiger partial charge in [-0.15, -0.1) is 0 Å². The number of carbonyl (C=O) groups excluding carboxylic acids is 1. The maximum atomic E-state index is 13.3. The van der Waals surface area contributed by atoms with Gasteiger partial charge in [0.05, 0.1) is 0 Å². The Kier molecular flexibility index (Phi) is 5.40. The summed E-state index contributed by atoms with van der Waals surface area (Å²) in [4.78, 5) is 16.4. The average molecular weight is 359 g/mol. The highest BCUT2D eigenvalue weighted by Crippen LogP contribution is 2.27. The van der Waals surface area contributed by atoms with Crippen LogP contribution in [-0.4, -0.2) is 37.1 Å². The predicted octanol–water partition coefficient (Wildman–Crippen LogP) is 4.19. The minimum absolute atomic E-state index is 0.253. The van der Waals surface area contributed by atoms with Gasteiger partial charge in [-0.25, -0.2) is 13.6 Å². The molecule has 3 rings (SSSR count). The summed E-state index contributed by atoms with van der Waals surface area (Å²) in [5.41, 5.74) is 4.06. The molecule has 6 heteroatoms. The Morgan fingerprint density at radius 2 is 1.81 bits per heavy atom. The number of hydrogen-bond donors (Lipinski definition) is 1. The lowest BCUT2D eigenvalue weighted by molar-refractivity contribution is 0.208. The van der Waals surface area contributed by atoms with Crippen molar-refractivity contribution >= 4 is 17.4 Å². The van der Waals surface area contributed by atoms with Crippen molar-refractivity contribution in [1.82, 2.24) is 4.90 Å². The number of nitrogens with one attached hydrogen (secondary N) is 1. The van der Waals surface area contributed by atoms with Crippen molar-refractivity contribution in [1.29, 1.82) is 0 Å². The number of carbonyl (C=O) groups is 1. The molecule has 1 N–H and O–H groups in total. The highest BCUT2D eigenvalue weighted by Gasteiger charge is 2.23. The standard InChI is InChI=1S/C20H23F2N3O/c1-3-15-6-4-5-14(2)19(15)24-9-11-25(12-10-24)20(26)23-16-7-8-17(21)18(22)13-16/h4-8,13H,3,9-12H2,1-2H3,(H,23,26). The van der Waals surface area contributed by atoms with Gasteiger partial charge in [0, 0.05) is 43.6 Å². The zero-order chi connectivity index (χ0) is 18.7. The molecule has 1 heterocycles. The van der Waals surface area contributed by atoms with Crippen molar-refractivity contribution in [3.63, 3.8) is 0 Å². The molecule has 1 aliphatic rings. The first kappa shape index (κ1) is 18.2. The smallest absolute Gasteiger partial charge is 0.321 e. The van der Waals surface area contributed by atoms with Gasteiger partial charge in [0.15, 0.2) is 11.6 Å². The van der Waals surface area contributed by atoms with Crippen LogP contribution in [0.25, 0.3) is 0 Å². The summed E-state index contributed by atoms with van der Waals surface area (Å²) in [6, 6.07) is 9.38. The van der Waals surface area contributed by atoms with Gasteiger partial charge < -0.3 is 15.1 Å². The maximum Gasteiger partial charge on any atom is 0.321 e. The summed E-state index contributed by atoms with van der Waals surface area (Å²) >= 11 is 0. The number of rotatable bonds is 3. The monoisotopic (exact) mass is 359 g/mol. The van der Waals surface area contributed by atoms with E-state index in [1.807, 2.05) is 0 Å². The number of benzene rings is 2. The van der Waals surface area contributed by atoms with E-state index >= 15 is 0 Å². The minimum Gasteiger partial charge on any atom is -0.368 e. The summed E-state index contributed by atoms with van der Waals surface area (Å²) in [5, 5.41) is 2.63. The zero-order valence-electron chi connectivity index (χ0n) is 15.1. The third kappa shape index (κ3) is 3.79. The summed E-state index contributed by atoms with van der Waals surface area (Å²) in [7, 11) is 0. The Morgan fingerprint density at radius 3 is 2.46 bits per heavy atom. The van der Waals surface area contributed by atoms with Crippen molar-refractivity contribution in [2.24, 2.45) is 0 Å². The number of hydrogen-bond acceptors (Lipinski definition) is 2. The van der Waals surface area contributed by atoms with E-state index < -0.39 is 11.6 Å². The molecule has 0 radical (unpaired) electrons. The van der Waals surface area contributed by atoms with E-state index in [9.17, 15) is 13.6 Å². The zero-order valence-corrected chi connectivity index (χ0v) is 15.1. The SMILES string of the molecule is CCc1cccc(C)c1N1CCN(C(=O)Nc2ccc(F)c(F)c2)CC1. The van der Waals surface area contributed by atoms with Crippen LogP contribution in [0.1, 0.15) is 18.1 Å². The number of piperazine rings is 1. The number of aryl methyl sites for hydroxylation is 2. The molecule has 0 aromatic heterocycles. The molecule has 0 spiro atoms. The second-order valence-corrected chi connectivity index (χ2v) is 6.47. The third-order valence-corrected chi connectivity index (χ3v) is 4.76. The largest absolute Gasteiger partial charge is 0.368 e. The van der Waals surface area contributed by atoms with E-state index in [-0.39, 0.29) is 11.7 Å². The topological polar surface area (TPSA) is 35.6 Å². The van der Waals surface area contributed by atoms with E-state index in [0.717, 1.165) is 31.6 Å². The van der Waals surface area contributed by atoms with Crippen LogP contribution in [0.15, 0.2) is 36.4 Å². The summed E-state index contributed by atoms with van der Waals surface area (Å²) in [6.07, 6.45) is 0.966. The van der Waals surface area contributed by atoms with Gasteiger partial charge in [0.25, 0.3) is 0 Å². The Hall–Kier alpha value is -2.63. The van der Waals surface area contributed by atoms with Gasteiger partial charge in [-0.3, -0.25) is 0 Å². The fourth-order valence-electron chi connectivity index (χ4n) is 3.37. The summed E-state index contributed by atoms with van der Waals surface area (Å²) in [6.45, 7) is 6.88. The second-order valence-electron chi connectivity index (χ2n) is 6.47. The number of urea groups is 1. The van der Waals surface area contributed by atoms with Gasteiger partial charge in [-0.1, -0.05) is 25.1 Å². The van der Waals surface area contributed by atoms with Crippen LogP contribution in [-0.2, 0) is 6.42 Å². The molecule has 0 saturated carbocycles. The molecule has 1 fully saturated rings. The summed E-state index contributed by atoms with van der Waals surface area (Å²) in [5.74, 6) is -1.90. The van der Waals surface area contributed by atoms with Gasteiger partial charge in [0.1, 0.15) is 0 Å². The maximum absolute atomic E-state index is 13.3. The van der Waals surface area contributed by atoms with Crippen LogP contribution in [0.5, 0.6) is 0 Å². The molecule has 2 amide bonds. The van der Waals surface area contributed by atoms with Crippen molar-refractivity contribution < 1.29 is 13.6 Å². The van der Waals surface area contributed by atoms with Crippen molar-refractivity contribution in [3.05, 3.63) is 59.2 Å². The van der Waals surface area contributed by atoms with E-state index in [0.29, 0.717) is 13.1 Å². The van der Waals surface area contributed by atoms with Gasteiger partial charge in [0.2, 0.25) is 0 Å². The number of halogens is 2. The Balaban J connectivity index is 1.63. The minimum atomic E-state index is -0.973. The van der Waals surface area contributed by atoms with Crippen molar-refractivity contribution in [3.8, 4) is 0 Å². The lowest BCUT2D eigenvalue weighted by Crippen LogP contribution is -2.50. The quantitative estimate of drug-likeness (QED) is 0.892. The summed E-state index contributed by atoms with van der Waals surface area (Å²) < 4.78 is 26.3. The van der Waals surface area contributed by atoms with Crippen LogP contribution < -0.4 is 10.2 Å². The van der Waals surface area contributed by atoms with Gasteiger partial charge >= 0.3 is 6.03 Å². The first-order valence-corrected chi connectivity index (χ1v) is 8.84. The Morgan fingerprint density at radius 1 is 1.08 bits per heavy atom. The molecular weight excluding hydrogens is 336 g/mol. The molecule has 26 heavy (non-hydrogen) atoms. The van der Waals surface area contributed by atoms with Gasteiger partial charge in [-0.2, -0.15) is 0 Å². The van der Waals surface area contributed by atoms with Crippen LogP contribution in [0.3, 0.4) is 0 Å². The van der Waals surface area contributed by atoms with E-state index in [2.05, 4.69) is 42.3 Å². The highest BCUT2D eigenvalue weighted by molar-refractivity contribution is 5.89. The molecule has 2 aromatic carbocycles. The second kappa shape index (κ2) is 7.72.